The number of rotatable bonds is 8. The van der Waals surface area contributed by atoms with Gasteiger partial charge in [0, 0.05) is 16.7 Å². The van der Waals surface area contributed by atoms with E-state index in [2.05, 4.69) is 0 Å². The molecule has 0 aliphatic carbocycles. The molecule has 3 aromatic rings. The van der Waals surface area contributed by atoms with E-state index in [1.165, 1.54) is 11.3 Å². The van der Waals surface area contributed by atoms with Crippen LogP contribution >= 0.6 is 11.3 Å². The molecule has 0 saturated heterocycles. The SMILES string of the molecule is CCOC(=O)c1oc2ccccc2c1COC(=O)CCC(=O)c1ccc(C)s1. The first-order chi connectivity index (χ1) is 13.5. The number of fused-ring (bicyclic) bond motifs is 1. The number of hydrogen-bond donors (Lipinski definition) is 0. The van der Waals surface area contributed by atoms with E-state index in [1.54, 1.807) is 37.3 Å². The second-order valence-electron chi connectivity index (χ2n) is 6.12. The Balaban J connectivity index is 1.65. The third-order valence-electron chi connectivity index (χ3n) is 4.11. The molecule has 0 spiro atoms. The summed E-state index contributed by atoms with van der Waals surface area (Å²) in [5.74, 6) is -1.17. The molecule has 0 bridgehead atoms. The molecular weight excluding hydrogens is 380 g/mol. The highest BCUT2D eigenvalue weighted by molar-refractivity contribution is 7.14. The minimum atomic E-state index is -0.604. The minimum Gasteiger partial charge on any atom is -0.461 e. The first-order valence-corrected chi connectivity index (χ1v) is 9.74. The number of ether oxygens (including phenoxy) is 2. The summed E-state index contributed by atoms with van der Waals surface area (Å²) in [6.07, 6.45) is 0.0515. The van der Waals surface area contributed by atoms with Crippen LogP contribution in [0.1, 0.15) is 50.4 Å². The summed E-state index contributed by atoms with van der Waals surface area (Å²) < 4.78 is 15.9. The Bertz CT molecular complexity index is 1010. The monoisotopic (exact) mass is 400 g/mol. The van der Waals surface area contributed by atoms with Gasteiger partial charge in [0.2, 0.25) is 5.76 Å². The number of thiophene rings is 1. The van der Waals surface area contributed by atoms with E-state index in [0.29, 0.717) is 21.4 Å². The van der Waals surface area contributed by atoms with Gasteiger partial charge < -0.3 is 13.9 Å². The number of para-hydroxylation sites is 1. The van der Waals surface area contributed by atoms with Crippen molar-refractivity contribution in [1.82, 2.24) is 0 Å². The first-order valence-electron chi connectivity index (χ1n) is 8.92. The number of carbonyl (C=O) groups excluding carboxylic acids is 3. The predicted molar refractivity (Wildman–Crippen MR) is 105 cm³/mol. The molecule has 3 rings (SSSR count). The Hall–Kier alpha value is -2.93. The number of benzene rings is 1. The zero-order valence-electron chi connectivity index (χ0n) is 15.7. The van der Waals surface area contributed by atoms with Gasteiger partial charge >= 0.3 is 11.9 Å². The van der Waals surface area contributed by atoms with Crippen LogP contribution in [-0.2, 0) is 20.9 Å². The standard InChI is InChI=1S/C21H20O6S/c1-3-25-21(24)20-15(14-6-4-5-7-17(14)27-20)12-26-19(23)11-9-16(22)18-10-8-13(2)28-18/h4-8,10H,3,9,11-12H2,1-2H3. The Morgan fingerprint density at radius 2 is 1.82 bits per heavy atom. The number of aryl methyl sites for hydroxylation is 1. The summed E-state index contributed by atoms with van der Waals surface area (Å²) in [7, 11) is 0. The maximum atomic E-state index is 12.2. The Morgan fingerprint density at radius 1 is 1.04 bits per heavy atom. The van der Waals surface area contributed by atoms with Crippen LogP contribution in [0.3, 0.4) is 0 Å². The molecule has 0 aliphatic heterocycles. The molecule has 0 fully saturated rings. The molecule has 7 heteroatoms. The number of esters is 2. The minimum absolute atomic E-state index is 0.0275. The smallest absolute Gasteiger partial charge is 0.374 e. The Morgan fingerprint density at radius 3 is 2.54 bits per heavy atom. The molecule has 1 aromatic carbocycles. The lowest BCUT2D eigenvalue weighted by Gasteiger charge is -2.05. The van der Waals surface area contributed by atoms with Gasteiger partial charge in [0.1, 0.15) is 12.2 Å². The van der Waals surface area contributed by atoms with Crippen molar-refractivity contribution in [3.8, 4) is 0 Å². The van der Waals surface area contributed by atoms with E-state index in [9.17, 15) is 14.4 Å². The molecule has 0 amide bonds. The van der Waals surface area contributed by atoms with Crippen LogP contribution < -0.4 is 0 Å². The normalized spacial score (nSPS) is 10.8. The van der Waals surface area contributed by atoms with Crippen molar-refractivity contribution in [1.29, 1.82) is 0 Å². The van der Waals surface area contributed by atoms with Crippen LogP contribution in [0.2, 0.25) is 0 Å². The van der Waals surface area contributed by atoms with E-state index in [4.69, 9.17) is 13.9 Å². The van der Waals surface area contributed by atoms with Crippen molar-refractivity contribution < 1.29 is 28.3 Å². The van der Waals surface area contributed by atoms with Crippen molar-refractivity contribution in [2.45, 2.75) is 33.3 Å². The lowest BCUT2D eigenvalue weighted by molar-refractivity contribution is -0.144. The topological polar surface area (TPSA) is 82.8 Å². The highest BCUT2D eigenvalue weighted by atomic mass is 32.1. The summed E-state index contributed by atoms with van der Waals surface area (Å²) in [5, 5.41) is 0.684. The number of Topliss-reactive ketones (excluding diaryl/α,β-unsaturated/α-hetero) is 1. The zero-order valence-corrected chi connectivity index (χ0v) is 16.5. The number of ketones is 1. The molecule has 2 heterocycles. The molecule has 0 saturated carbocycles. The lowest BCUT2D eigenvalue weighted by Crippen LogP contribution is -2.10. The Labute approximate surface area is 166 Å². The molecule has 0 radical (unpaired) electrons. The third kappa shape index (κ3) is 4.48. The van der Waals surface area contributed by atoms with E-state index in [-0.39, 0.29) is 37.6 Å². The van der Waals surface area contributed by atoms with Gasteiger partial charge in [-0.2, -0.15) is 0 Å². The largest absolute Gasteiger partial charge is 0.461 e. The first kappa shape index (κ1) is 19.8. The molecule has 0 unspecified atom stereocenters. The van der Waals surface area contributed by atoms with Gasteiger partial charge in [-0.15, -0.1) is 11.3 Å². The van der Waals surface area contributed by atoms with Crippen molar-refractivity contribution >= 4 is 40.0 Å². The van der Waals surface area contributed by atoms with Gasteiger partial charge in [-0.05, 0) is 32.0 Å². The van der Waals surface area contributed by atoms with Crippen LogP contribution in [-0.4, -0.2) is 24.3 Å². The summed E-state index contributed by atoms with van der Waals surface area (Å²) in [6.45, 7) is 3.70. The van der Waals surface area contributed by atoms with Gasteiger partial charge in [-0.3, -0.25) is 9.59 Å². The van der Waals surface area contributed by atoms with Crippen molar-refractivity contribution in [2.75, 3.05) is 6.61 Å². The van der Waals surface area contributed by atoms with Crippen LogP contribution in [0.25, 0.3) is 11.0 Å². The molecule has 0 aliphatic rings. The number of furan rings is 1. The summed E-state index contributed by atoms with van der Waals surface area (Å²) in [5.41, 5.74) is 0.974. The fraction of sp³-hybridized carbons (Fsp3) is 0.286. The van der Waals surface area contributed by atoms with Crippen molar-refractivity contribution in [3.05, 3.63) is 57.5 Å². The fourth-order valence-electron chi connectivity index (χ4n) is 2.75. The van der Waals surface area contributed by atoms with Gasteiger partial charge in [-0.1, -0.05) is 18.2 Å². The molecule has 6 nitrogen and oxygen atoms in total. The average molecular weight is 400 g/mol. The summed E-state index contributed by atoms with van der Waals surface area (Å²) >= 11 is 1.40. The van der Waals surface area contributed by atoms with Gasteiger partial charge in [0.25, 0.3) is 0 Å². The molecule has 0 atom stereocenters. The molecule has 0 N–H and O–H groups in total. The molecule has 28 heavy (non-hydrogen) atoms. The second-order valence-corrected chi connectivity index (χ2v) is 7.41. The van der Waals surface area contributed by atoms with Crippen LogP contribution in [0.4, 0.5) is 0 Å². The van der Waals surface area contributed by atoms with Crippen LogP contribution in [0, 0.1) is 6.92 Å². The fourth-order valence-corrected chi connectivity index (χ4v) is 3.59. The van der Waals surface area contributed by atoms with Crippen LogP contribution in [0.5, 0.6) is 0 Å². The highest BCUT2D eigenvalue weighted by Gasteiger charge is 2.23. The maximum absolute atomic E-state index is 12.2. The van der Waals surface area contributed by atoms with Crippen molar-refractivity contribution in [3.63, 3.8) is 0 Å². The number of carbonyl (C=O) groups is 3. The van der Waals surface area contributed by atoms with Gasteiger partial charge in [0.15, 0.2) is 5.78 Å². The second kappa shape index (κ2) is 8.84. The maximum Gasteiger partial charge on any atom is 0.374 e. The zero-order chi connectivity index (χ0) is 20.1. The van der Waals surface area contributed by atoms with E-state index in [0.717, 1.165) is 4.88 Å². The molecule has 146 valence electrons. The quantitative estimate of drug-likeness (QED) is 0.403. The summed E-state index contributed by atoms with van der Waals surface area (Å²) in [6, 6.07) is 10.7. The van der Waals surface area contributed by atoms with Gasteiger partial charge in [-0.25, -0.2) is 4.79 Å². The van der Waals surface area contributed by atoms with E-state index in [1.807, 2.05) is 13.0 Å². The Kier molecular flexibility index (Phi) is 6.26. The van der Waals surface area contributed by atoms with E-state index < -0.39 is 11.9 Å². The lowest BCUT2D eigenvalue weighted by atomic mass is 10.1. The van der Waals surface area contributed by atoms with E-state index >= 15 is 0 Å². The van der Waals surface area contributed by atoms with Crippen LogP contribution in [0.15, 0.2) is 40.8 Å². The molecule has 2 aromatic heterocycles. The summed E-state index contributed by atoms with van der Waals surface area (Å²) in [4.78, 5) is 38.1. The predicted octanol–water partition coefficient (Wildman–Crippen LogP) is 4.69. The molecular formula is C21H20O6S. The van der Waals surface area contributed by atoms with Crippen molar-refractivity contribution in [2.24, 2.45) is 0 Å². The third-order valence-corrected chi connectivity index (χ3v) is 5.15. The van der Waals surface area contributed by atoms with Gasteiger partial charge in [0.05, 0.1) is 23.5 Å². The highest BCUT2D eigenvalue weighted by Crippen LogP contribution is 2.27. The average Bonchev–Trinajstić information content (AvgIpc) is 3.28. The number of hydrogen-bond acceptors (Lipinski definition) is 7.